The molecular formula is C17H29N3O4S2. The smallest absolute Gasteiger partial charge is 0.243 e. The fourth-order valence-corrected chi connectivity index (χ4v) is 5.24. The van der Waals surface area contributed by atoms with Gasteiger partial charge in [-0.2, -0.15) is 4.31 Å². The summed E-state index contributed by atoms with van der Waals surface area (Å²) in [6.07, 6.45) is 0.546. The van der Waals surface area contributed by atoms with Crippen LogP contribution in [0.25, 0.3) is 0 Å². The van der Waals surface area contributed by atoms with E-state index in [2.05, 4.69) is 4.90 Å². The Morgan fingerprint density at radius 1 is 0.962 bits per heavy atom. The molecule has 0 amide bonds. The summed E-state index contributed by atoms with van der Waals surface area (Å²) in [6, 6.07) is 5.23. The Morgan fingerprint density at radius 2 is 1.58 bits per heavy atom. The first-order valence-corrected chi connectivity index (χ1v) is 11.8. The molecule has 1 aromatic rings. The summed E-state index contributed by atoms with van der Waals surface area (Å²) in [7, 11) is -3.58. The Kier molecular flexibility index (Phi) is 6.84. The molecule has 0 unspecified atom stereocenters. The minimum Gasteiger partial charge on any atom is -0.301 e. The lowest BCUT2D eigenvalue weighted by atomic mass is 10.1. The third kappa shape index (κ3) is 5.04. The zero-order valence-corrected chi connectivity index (χ0v) is 17.6. The van der Waals surface area contributed by atoms with Gasteiger partial charge in [-0.25, -0.2) is 21.1 Å². The second-order valence-corrected chi connectivity index (χ2v) is 11.2. The van der Waals surface area contributed by atoms with Crippen molar-refractivity contribution in [3.63, 3.8) is 0 Å². The van der Waals surface area contributed by atoms with Crippen molar-refractivity contribution in [2.24, 2.45) is 0 Å². The van der Waals surface area contributed by atoms with Gasteiger partial charge in [-0.05, 0) is 50.1 Å². The number of nitrogens with zero attached hydrogens (tertiary/aromatic N) is 3. The van der Waals surface area contributed by atoms with E-state index in [1.54, 1.807) is 12.1 Å². The highest BCUT2D eigenvalue weighted by Gasteiger charge is 2.28. The molecule has 0 N–H and O–H groups in total. The minimum absolute atomic E-state index is 0.112. The molecule has 1 aromatic carbocycles. The summed E-state index contributed by atoms with van der Waals surface area (Å²) in [5.74, 6) is 0.112. The van der Waals surface area contributed by atoms with Crippen molar-refractivity contribution in [1.29, 1.82) is 0 Å². The molecular weight excluding hydrogens is 374 g/mol. The van der Waals surface area contributed by atoms with E-state index in [1.807, 2.05) is 19.9 Å². The van der Waals surface area contributed by atoms with Crippen molar-refractivity contribution in [1.82, 2.24) is 13.5 Å². The van der Waals surface area contributed by atoms with Crippen molar-refractivity contribution in [2.75, 3.05) is 52.6 Å². The molecule has 0 bridgehead atoms. The Labute approximate surface area is 157 Å². The van der Waals surface area contributed by atoms with Crippen LogP contribution in [0.2, 0.25) is 0 Å². The van der Waals surface area contributed by atoms with Crippen molar-refractivity contribution in [2.45, 2.75) is 25.2 Å². The molecule has 1 saturated heterocycles. The van der Waals surface area contributed by atoms with Gasteiger partial charge < -0.3 is 4.90 Å². The number of sulfonamides is 2. The summed E-state index contributed by atoms with van der Waals surface area (Å²) in [4.78, 5) is 2.46. The average Bonchev–Trinajstić information content (AvgIpc) is 2.57. The monoisotopic (exact) mass is 403 g/mol. The molecule has 0 atom stereocenters. The lowest BCUT2D eigenvalue weighted by Gasteiger charge is -2.34. The van der Waals surface area contributed by atoms with Gasteiger partial charge in [-0.1, -0.05) is 6.07 Å². The van der Waals surface area contributed by atoms with Crippen LogP contribution in [-0.4, -0.2) is 82.9 Å². The highest BCUT2D eigenvalue weighted by atomic mass is 32.2. The summed E-state index contributed by atoms with van der Waals surface area (Å²) in [5, 5.41) is 0. The fourth-order valence-electron chi connectivity index (χ4n) is 2.87. The maximum Gasteiger partial charge on any atom is 0.243 e. The lowest BCUT2D eigenvalue weighted by Crippen LogP contribution is -2.49. The fraction of sp³-hybridized carbons (Fsp3) is 0.647. The van der Waals surface area contributed by atoms with Crippen LogP contribution in [0.1, 0.15) is 17.5 Å². The quantitative estimate of drug-likeness (QED) is 0.676. The van der Waals surface area contributed by atoms with Crippen LogP contribution in [0, 0.1) is 13.8 Å². The molecule has 0 aliphatic carbocycles. The highest BCUT2D eigenvalue weighted by Crippen LogP contribution is 2.20. The standard InChI is InChI=1S/C17H29N3O4S2/c1-15-6-7-17(14-16(15)2)26(23,24)20-11-9-19(10-12-20)8-5-13-25(21,22)18(3)4/h6-7,14H,5,8-13H2,1-4H3. The van der Waals surface area contributed by atoms with E-state index in [4.69, 9.17) is 0 Å². The second kappa shape index (κ2) is 8.35. The van der Waals surface area contributed by atoms with Gasteiger partial charge in [0.2, 0.25) is 20.0 Å². The first-order chi connectivity index (χ1) is 12.0. The van der Waals surface area contributed by atoms with Crippen LogP contribution >= 0.6 is 0 Å². The Hall–Kier alpha value is -1.00. The van der Waals surface area contributed by atoms with E-state index in [0.717, 1.165) is 11.1 Å². The Morgan fingerprint density at radius 3 is 2.12 bits per heavy atom. The number of aryl methyl sites for hydroxylation is 2. The topological polar surface area (TPSA) is 78.0 Å². The molecule has 1 aliphatic rings. The molecule has 0 radical (unpaired) electrons. The van der Waals surface area contributed by atoms with Gasteiger partial charge in [0.25, 0.3) is 0 Å². The van der Waals surface area contributed by atoms with E-state index in [0.29, 0.717) is 44.0 Å². The summed E-state index contributed by atoms with van der Waals surface area (Å²) in [6.45, 7) is 6.61. The van der Waals surface area contributed by atoms with Crippen molar-refractivity contribution < 1.29 is 16.8 Å². The zero-order chi connectivity index (χ0) is 19.5. The molecule has 1 heterocycles. The predicted octanol–water partition coefficient (Wildman–Crippen LogP) is 0.891. The first kappa shape index (κ1) is 21.3. The maximum atomic E-state index is 12.8. The van der Waals surface area contributed by atoms with Crippen LogP contribution in [0.4, 0.5) is 0 Å². The van der Waals surface area contributed by atoms with E-state index >= 15 is 0 Å². The molecule has 2 rings (SSSR count). The van der Waals surface area contributed by atoms with Gasteiger partial charge in [0.15, 0.2) is 0 Å². The van der Waals surface area contributed by atoms with Crippen molar-refractivity contribution in [3.05, 3.63) is 29.3 Å². The van der Waals surface area contributed by atoms with Crippen molar-refractivity contribution >= 4 is 20.0 Å². The SMILES string of the molecule is Cc1ccc(S(=O)(=O)N2CCN(CCCS(=O)(=O)N(C)C)CC2)cc1C. The van der Waals surface area contributed by atoms with E-state index in [1.165, 1.54) is 22.7 Å². The molecule has 1 aliphatic heterocycles. The molecule has 148 valence electrons. The van der Waals surface area contributed by atoms with Crippen LogP contribution in [0.5, 0.6) is 0 Å². The summed E-state index contributed by atoms with van der Waals surface area (Å²) >= 11 is 0. The van der Waals surface area contributed by atoms with Gasteiger partial charge >= 0.3 is 0 Å². The average molecular weight is 404 g/mol. The van der Waals surface area contributed by atoms with E-state index in [9.17, 15) is 16.8 Å². The summed E-state index contributed by atoms with van der Waals surface area (Å²) < 4.78 is 51.9. The van der Waals surface area contributed by atoms with E-state index in [-0.39, 0.29) is 5.75 Å². The largest absolute Gasteiger partial charge is 0.301 e. The Balaban J connectivity index is 1.90. The van der Waals surface area contributed by atoms with Gasteiger partial charge in [-0.15, -0.1) is 0 Å². The second-order valence-electron chi connectivity index (χ2n) is 6.94. The minimum atomic E-state index is -3.48. The van der Waals surface area contributed by atoms with Crippen molar-refractivity contribution in [3.8, 4) is 0 Å². The predicted molar refractivity (Wildman–Crippen MR) is 103 cm³/mol. The van der Waals surface area contributed by atoms with Gasteiger partial charge in [-0.3, -0.25) is 0 Å². The normalized spacial score (nSPS) is 17.7. The molecule has 1 fully saturated rings. The molecule has 0 saturated carbocycles. The lowest BCUT2D eigenvalue weighted by molar-refractivity contribution is 0.189. The van der Waals surface area contributed by atoms with Gasteiger partial charge in [0.1, 0.15) is 0 Å². The van der Waals surface area contributed by atoms with Crippen LogP contribution < -0.4 is 0 Å². The number of piperazine rings is 1. The third-order valence-corrected chi connectivity index (χ3v) is 8.69. The first-order valence-electron chi connectivity index (χ1n) is 8.74. The highest BCUT2D eigenvalue weighted by molar-refractivity contribution is 7.89. The van der Waals surface area contributed by atoms with Gasteiger partial charge in [0, 0.05) is 40.3 Å². The Bertz CT molecular complexity index is 828. The molecule has 9 heteroatoms. The molecule has 0 spiro atoms. The summed E-state index contributed by atoms with van der Waals surface area (Å²) in [5.41, 5.74) is 2.04. The third-order valence-electron chi connectivity index (χ3n) is 4.88. The molecule has 7 nitrogen and oxygen atoms in total. The van der Waals surface area contributed by atoms with Gasteiger partial charge in [0.05, 0.1) is 10.6 Å². The van der Waals surface area contributed by atoms with E-state index < -0.39 is 20.0 Å². The molecule has 26 heavy (non-hydrogen) atoms. The maximum absolute atomic E-state index is 12.8. The number of hydrogen-bond donors (Lipinski definition) is 0. The molecule has 0 aromatic heterocycles. The van der Waals surface area contributed by atoms with Crippen LogP contribution in [-0.2, 0) is 20.0 Å². The number of rotatable bonds is 7. The number of benzene rings is 1. The van der Waals surface area contributed by atoms with Crippen LogP contribution in [0.3, 0.4) is 0 Å². The number of hydrogen-bond acceptors (Lipinski definition) is 5. The zero-order valence-electron chi connectivity index (χ0n) is 16.0. The van der Waals surface area contributed by atoms with Crippen LogP contribution in [0.15, 0.2) is 23.1 Å².